The fraction of sp³-hybridized carbons (Fsp3) is 0.923. The van der Waals surface area contributed by atoms with E-state index in [2.05, 4.69) is 24.1 Å². The Labute approximate surface area is 111 Å². The number of carbonyl (C=O) groups excluding carboxylic acids is 1. The van der Waals surface area contributed by atoms with Crippen LogP contribution in [0.1, 0.15) is 20.3 Å². The number of rotatable bonds is 10. The molecule has 1 unspecified atom stereocenters. The van der Waals surface area contributed by atoms with Gasteiger partial charge in [-0.15, -0.1) is 0 Å². The third-order valence-electron chi connectivity index (χ3n) is 2.37. The molecule has 0 bridgehead atoms. The average Bonchev–Trinajstić information content (AvgIpc) is 2.22. The van der Waals surface area contributed by atoms with Crippen LogP contribution in [0.25, 0.3) is 0 Å². The lowest BCUT2D eigenvalue weighted by Gasteiger charge is -2.23. The SMILES string of the molecule is COCCOCC(=O)NC(CC(C)C)CN(C)C. The largest absolute Gasteiger partial charge is 0.382 e. The Kier molecular flexibility index (Phi) is 9.92. The van der Waals surface area contributed by atoms with Crippen molar-refractivity contribution in [3.05, 3.63) is 0 Å². The van der Waals surface area contributed by atoms with Crippen LogP contribution in [0.15, 0.2) is 0 Å². The molecule has 0 saturated heterocycles. The van der Waals surface area contributed by atoms with Crippen molar-refractivity contribution in [2.24, 2.45) is 5.92 Å². The molecular weight excluding hydrogens is 232 g/mol. The number of hydrogen-bond donors (Lipinski definition) is 1. The molecule has 18 heavy (non-hydrogen) atoms. The molecule has 0 radical (unpaired) electrons. The quantitative estimate of drug-likeness (QED) is 0.589. The summed E-state index contributed by atoms with van der Waals surface area (Å²) < 4.78 is 10.0. The topological polar surface area (TPSA) is 50.8 Å². The van der Waals surface area contributed by atoms with Gasteiger partial charge in [0.05, 0.1) is 13.2 Å². The Morgan fingerprint density at radius 3 is 2.44 bits per heavy atom. The van der Waals surface area contributed by atoms with E-state index in [4.69, 9.17) is 9.47 Å². The standard InChI is InChI=1S/C13H28N2O3/c1-11(2)8-12(9-15(3)4)14-13(16)10-18-7-6-17-5/h11-12H,6-10H2,1-5H3,(H,14,16). The number of likely N-dealkylation sites (N-methyl/N-ethyl adjacent to an activating group) is 1. The molecule has 0 fully saturated rings. The number of nitrogens with one attached hydrogen (secondary N) is 1. The molecule has 0 heterocycles. The molecule has 0 aromatic rings. The summed E-state index contributed by atoms with van der Waals surface area (Å²) in [5.74, 6) is 0.503. The van der Waals surface area contributed by atoms with Crippen molar-refractivity contribution in [1.29, 1.82) is 0 Å². The van der Waals surface area contributed by atoms with Crippen molar-refractivity contribution in [2.45, 2.75) is 26.3 Å². The van der Waals surface area contributed by atoms with Gasteiger partial charge in [0.1, 0.15) is 6.61 Å². The van der Waals surface area contributed by atoms with E-state index in [-0.39, 0.29) is 18.6 Å². The molecule has 0 aliphatic carbocycles. The number of methoxy groups -OCH3 is 1. The van der Waals surface area contributed by atoms with Crippen molar-refractivity contribution in [3.8, 4) is 0 Å². The summed E-state index contributed by atoms with van der Waals surface area (Å²) in [7, 11) is 5.63. The highest BCUT2D eigenvalue weighted by molar-refractivity contribution is 5.77. The molecule has 5 nitrogen and oxygen atoms in total. The summed E-state index contributed by atoms with van der Waals surface area (Å²) in [6.07, 6.45) is 0.974. The Balaban J connectivity index is 3.94. The van der Waals surface area contributed by atoms with Crippen molar-refractivity contribution >= 4 is 5.91 Å². The third-order valence-corrected chi connectivity index (χ3v) is 2.37. The maximum absolute atomic E-state index is 11.7. The molecule has 0 aromatic carbocycles. The lowest BCUT2D eigenvalue weighted by atomic mass is 10.0. The first kappa shape index (κ1) is 17.4. The number of ether oxygens (including phenoxy) is 2. The first-order chi connectivity index (χ1) is 8.45. The lowest BCUT2D eigenvalue weighted by Crippen LogP contribution is -2.44. The van der Waals surface area contributed by atoms with Gasteiger partial charge in [-0.25, -0.2) is 0 Å². The Bertz CT molecular complexity index is 210. The highest BCUT2D eigenvalue weighted by Gasteiger charge is 2.14. The van der Waals surface area contributed by atoms with E-state index in [1.807, 2.05) is 14.1 Å². The number of amides is 1. The highest BCUT2D eigenvalue weighted by Crippen LogP contribution is 2.05. The monoisotopic (exact) mass is 260 g/mol. The number of hydrogen-bond acceptors (Lipinski definition) is 4. The molecule has 1 N–H and O–H groups in total. The van der Waals surface area contributed by atoms with Crippen LogP contribution < -0.4 is 5.32 Å². The van der Waals surface area contributed by atoms with Crippen LogP contribution >= 0.6 is 0 Å². The van der Waals surface area contributed by atoms with Crippen LogP contribution in [0, 0.1) is 5.92 Å². The second-order valence-electron chi connectivity index (χ2n) is 5.20. The van der Waals surface area contributed by atoms with Gasteiger partial charge in [-0.2, -0.15) is 0 Å². The van der Waals surface area contributed by atoms with Crippen molar-refractivity contribution in [2.75, 3.05) is 47.6 Å². The molecule has 0 aromatic heterocycles. The van der Waals surface area contributed by atoms with Crippen LogP contribution in [-0.4, -0.2) is 64.4 Å². The predicted molar refractivity (Wildman–Crippen MR) is 72.6 cm³/mol. The van der Waals surface area contributed by atoms with Gasteiger partial charge in [0.2, 0.25) is 5.91 Å². The van der Waals surface area contributed by atoms with Crippen LogP contribution in [0.5, 0.6) is 0 Å². The van der Waals surface area contributed by atoms with E-state index in [1.165, 1.54) is 0 Å². The molecule has 0 saturated carbocycles. The molecular formula is C13H28N2O3. The van der Waals surface area contributed by atoms with Gasteiger partial charge in [0.25, 0.3) is 0 Å². The summed E-state index contributed by atoms with van der Waals surface area (Å²) in [6.45, 7) is 6.23. The molecule has 1 atom stereocenters. The molecule has 0 aliphatic heterocycles. The maximum Gasteiger partial charge on any atom is 0.246 e. The van der Waals surface area contributed by atoms with Crippen molar-refractivity contribution in [1.82, 2.24) is 10.2 Å². The summed E-state index contributed by atoms with van der Waals surface area (Å²) >= 11 is 0. The molecule has 0 rings (SSSR count). The van der Waals surface area contributed by atoms with Gasteiger partial charge in [-0.3, -0.25) is 4.79 Å². The molecule has 5 heteroatoms. The van der Waals surface area contributed by atoms with Gasteiger partial charge in [-0.05, 0) is 26.4 Å². The summed E-state index contributed by atoms with van der Waals surface area (Å²) in [6, 6.07) is 0.179. The van der Waals surface area contributed by atoms with Crippen LogP contribution in [0.3, 0.4) is 0 Å². The van der Waals surface area contributed by atoms with Gasteiger partial charge >= 0.3 is 0 Å². The lowest BCUT2D eigenvalue weighted by molar-refractivity contribution is -0.127. The minimum atomic E-state index is -0.0568. The average molecular weight is 260 g/mol. The van der Waals surface area contributed by atoms with Gasteiger partial charge < -0.3 is 19.7 Å². The van der Waals surface area contributed by atoms with Gasteiger partial charge in [0, 0.05) is 19.7 Å². The number of carbonyl (C=O) groups is 1. The van der Waals surface area contributed by atoms with E-state index in [9.17, 15) is 4.79 Å². The predicted octanol–water partition coefficient (Wildman–Crippen LogP) is 0.742. The zero-order valence-corrected chi connectivity index (χ0v) is 12.4. The second kappa shape index (κ2) is 10.3. The van der Waals surface area contributed by atoms with E-state index >= 15 is 0 Å². The molecule has 108 valence electrons. The van der Waals surface area contributed by atoms with Gasteiger partial charge in [0.15, 0.2) is 0 Å². The van der Waals surface area contributed by atoms with E-state index in [1.54, 1.807) is 7.11 Å². The van der Waals surface area contributed by atoms with Gasteiger partial charge in [-0.1, -0.05) is 13.8 Å². The van der Waals surface area contributed by atoms with E-state index < -0.39 is 0 Å². The van der Waals surface area contributed by atoms with Crippen LogP contribution in [0.4, 0.5) is 0 Å². The third kappa shape index (κ3) is 10.5. The summed E-state index contributed by atoms with van der Waals surface area (Å²) in [4.78, 5) is 13.8. The zero-order chi connectivity index (χ0) is 14.0. The van der Waals surface area contributed by atoms with E-state index in [0.717, 1.165) is 13.0 Å². The fourth-order valence-corrected chi connectivity index (χ4v) is 1.77. The maximum atomic E-state index is 11.7. The minimum Gasteiger partial charge on any atom is -0.382 e. The van der Waals surface area contributed by atoms with Crippen LogP contribution in [0.2, 0.25) is 0 Å². The van der Waals surface area contributed by atoms with Crippen molar-refractivity contribution in [3.63, 3.8) is 0 Å². The number of nitrogens with zero attached hydrogens (tertiary/aromatic N) is 1. The molecule has 0 aliphatic rings. The smallest absolute Gasteiger partial charge is 0.246 e. The first-order valence-corrected chi connectivity index (χ1v) is 6.46. The highest BCUT2D eigenvalue weighted by atomic mass is 16.5. The first-order valence-electron chi connectivity index (χ1n) is 6.46. The Hall–Kier alpha value is -0.650. The van der Waals surface area contributed by atoms with Crippen molar-refractivity contribution < 1.29 is 14.3 Å². The zero-order valence-electron chi connectivity index (χ0n) is 12.4. The molecule has 1 amide bonds. The minimum absolute atomic E-state index is 0.0568. The summed E-state index contributed by atoms with van der Waals surface area (Å²) in [5, 5.41) is 3.01. The van der Waals surface area contributed by atoms with Crippen LogP contribution in [-0.2, 0) is 14.3 Å². The summed E-state index contributed by atoms with van der Waals surface area (Å²) in [5.41, 5.74) is 0. The second-order valence-corrected chi connectivity index (χ2v) is 5.20. The van der Waals surface area contributed by atoms with E-state index in [0.29, 0.717) is 19.1 Å². The fourth-order valence-electron chi connectivity index (χ4n) is 1.77. The normalized spacial score (nSPS) is 13.1. The Morgan fingerprint density at radius 1 is 1.28 bits per heavy atom. The Morgan fingerprint density at radius 2 is 1.94 bits per heavy atom. The molecule has 0 spiro atoms.